The molecule has 2 amide bonds. The molecule has 0 saturated carbocycles. The highest BCUT2D eigenvalue weighted by atomic mass is 32.1. The lowest BCUT2D eigenvalue weighted by atomic mass is 9.93. The Morgan fingerprint density at radius 3 is 2.53 bits per heavy atom. The first-order chi connectivity index (χ1) is 17.3. The van der Waals surface area contributed by atoms with E-state index < -0.39 is 11.9 Å². The summed E-state index contributed by atoms with van der Waals surface area (Å²) in [5.74, 6) is -2.12. The Bertz CT molecular complexity index is 1270. The molecule has 0 fully saturated rings. The molecule has 4 rings (SSSR count). The number of nitrogens with two attached hydrogens (primary N) is 1. The van der Waals surface area contributed by atoms with E-state index in [1.165, 1.54) is 4.88 Å². The Labute approximate surface area is 213 Å². The van der Waals surface area contributed by atoms with Crippen LogP contribution >= 0.6 is 11.3 Å². The number of aliphatic carboxylic acids is 1. The molecule has 1 atom stereocenters. The number of carbonyl (C=O) groups is 3. The van der Waals surface area contributed by atoms with E-state index in [1.54, 1.807) is 52.6 Å². The van der Waals surface area contributed by atoms with Crippen LogP contribution in [0.3, 0.4) is 0 Å². The van der Waals surface area contributed by atoms with Crippen molar-refractivity contribution in [1.82, 2.24) is 10.2 Å². The normalized spacial score (nSPS) is 15.2. The Balaban J connectivity index is 1.49. The van der Waals surface area contributed by atoms with Gasteiger partial charge in [0.15, 0.2) is 0 Å². The van der Waals surface area contributed by atoms with E-state index in [2.05, 4.69) is 5.32 Å². The zero-order valence-corrected chi connectivity index (χ0v) is 20.5. The van der Waals surface area contributed by atoms with Crippen molar-refractivity contribution in [1.29, 1.82) is 5.41 Å². The maximum Gasteiger partial charge on any atom is 0.304 e. The third kappa shape index (κ3) is 6.17. The third-order valence-electron chi connectivity index (χ3n) is 6.30. The molecule has 0 aliphatic carbocycles. The summed E-state index contributed by atoms with van der Waals surface area (Å²) in [6.07, 6.45) is 0.746. The Morgan fingerprint density at radius 2 is 1.86 bits per heavy atom. The van der Waals surface area contributed by atoms with Crippen molar-refractivity contribution in [3.63, 3.8) is 0 Å². The number of carbonyl (C=O) groups excluding carboxylic acids is 2. The third-order valence-corrected chi connectivity index (χ3v) is 7.24. The first kappa shape index (κ1) is 25.1. The first-order valence-electron chi connectivity index (χ1n) is 11.7. The smallest absolute Gasteiger partial charge is 0.304 e. The Kier molecular flexibility index (Phi) is 7.80. The van der Waals surface area contributed by atoms with Crippen LogP contribution in [0.1, 0.15) is 43.9 Å². The summed E-state index contributed by atoms with van der Waals surface area (Å²) < 4.78 is 0. The fourth-order valence-corrected chi connectivity index (χ4v) is 5.05. The van der Waals surface area contributed by atoms with Crippen LogP contribution in [0.25, 0.3) is 0 Å². The Hall–Kier alpha value is -3.98. The fraction of sp³-hybridized carbons (Fsp3) is 0.259. The number of carboxylic acid groups (broad SMARTS) is 1. The van der Waals surface area contributed by atoms with Gasteiger partial charge in [-0.05, 0) is 53.1 Å². The maximum absolute atomic E-state index is 13.2. The minimum atomic E-state index is -1.01. The molecule has 1 aliphatic heterocycles. The fourth-order valence-electron chi connectivity index (χ4n) is 4.35. The lowest BCUT2D eigenvalue weighted by Crippen LogP contribution is -2.36. The number of nitrogens with zero attached hydrogens (tertiary/aromatic N) is 1. The van der Waals surface area contributed by atoms with E-state index in [1.807, 2.05) is 23.6 Å². The zero-order valence-electron chi connectivity index (χ0n) is 19.7. The molecular formula is C27H28N4O4S. The topological polar surface area (TPSA) is 137 Å². The molecule has 186 valence electrons. The van der Waals surface area contributed by atoms with Crippen LogP contribution in [0.4, 0.5) is 0 Å². The van der Waals surface area contributed by atoms with Crippen LogP contribution in [-0.4, -0.2) is 40.2 Å². The average molecular weight is 505 g/mol. The van der Waals surface area contributed by atoms with Crippen molar-refractivity contribution in [2.24, 2.45) is 11.7 Å². The molecule has 8 nitrogen and oxygen atoms in total. The highest BCUT2D eigenvalue weighted by molar-refractivity contribution is 7.09. The van der Waals surface area contributed by atoms with Gasteiger partial charge in [-0.1, -0.05) is 36.4 Å². The number of carboxylic acids is 1. The molecular weight excluding hydrogens is 476 g/mol. The van der Waals surface area contributed by atoms with E-state index in [0.29, 0.717) is 37.2 Å². The van der Waals surface area contributed by atoms with Gasteiger partial charge in [0.05, 0.1) is 12.3 Å². The summed E-state index contributed by atoms with van der Waals surface area (Å²) in [4.78, 5) is 40.5. The SMILES string of the molecule is N=C(N)c1ccc(CNC(=O)c2ccc3c(c2)C[C@H](CC(=O)O)C(=O)N(CCc2cccs2)C3)cc1. The van der Waals surface area contributed by atoms with Crippen molar-refractivity contribution >= 4 is 35.0 Å². The number of benzene rings is 2. The second-order valence-electron chi connectivity index (χ2n) is 8.86. The number of hydrogen-bond donors (Lipinski definition) is 4. The van der Waals surface area contributed by atoms with Crippen molar-refractivity contribution in [2.75, 3.05) is 6.54 Å². The quantitative estimate of drug-likeness (QED) is 0.262. The van der Waals surface area contributed by atoms with Gasteiger partial charge in [0.1, 0.15) is 5.84 Å². The second kappa shape index (κ2) is 11.2. The van der Waals surface area contributed by atoms with Gasteiger partial charge in [-0.15, -0.1) is 11.3 Å². The molecule has 0 saturated heterocycles. The maximum atomic E-state index is 13.2. The van der Waals surface area contributed by atoms with Crippen LogP contribution in [0, 0.1) is 11.3 Å². The summed E-state index contributed by atoms with van der Waals surface area (Å²) in [7, 11) is 0. The molecule has 0 radical (unpaired) electrons. The molecule has 3 aromatic rings. The molecule has 36 heavy (non-hydrogen) atoms. The molecule has 0 bridgehead atoms. The summed E-state index contributed by atoms with van der Waals surface area (Å²) in [5.41, 5.74) is 9.18. The molecule has 9 heteroatoms. The number of amides is 2. The van der Waals surface area contributed by atoms with Gasteiger partial charge >= 0.3 is 5.97 Å². The van der Waals surface area contributed by atoms with Gasteiger partial charge in [0.2, 0.25) is 5.91 Å². The minimum Gasteiger partial charge on any atom is -0.481 e. The lowest BCUT2D eigenvalue weighted by Gasteiger charge is -2.23. The van der Waals surface area contributed by atoms with Crippen LogP contribution in [-0.2, 0) is 35.5 Å². The van der Waals surface area contributed by atoms with Crippen molar-refractivity contribution < 1.29 is 19.5 Å². The van der Waals surface area contributed by atoms with Gasteiger partial charge in [-0.3, -0.25) is 19.8 Å². The van der Waals surface area contributed by atoms with Gasteiger partial charge in [0, 0.05) is 35.6 Å². The number of fused-ring (bicyclic) bond motifs is 1. The van der Waals surface area contributed by atoms with E-state index >= 15 is 0 Å². The van der Waals surface area contributed by atoms with E-state index in [9.17, 15) is 19.5 Å². The standard InChI is InChI=1S/C27H28N4O4S/c28-25(29)18-5-3-17(4-6-18)15-30-26(34)19-7-8-20-16-31(10-9-23-2-1-11-36-23)27(35)22(14-24(32)33)13-21(20)12-19/h1-8,11-12,22H,9-10,13-16H2,(H3,28,29)(H,30,34)(H,32,33)/t22-/m1/s1. The lowest BCUT2D eigenvalue weighted by molar-refractivity contribution is -0.144. The first-order valence-corrected chi connectivity index (χ1v) is 12.5. The van der Waals surface area contributed by atoms with Gasteiger partial charge in [-0.2, -0.15) is 0 Å². The molecule has 1 aliphatic rings. The number of hydrogen-bond acceptors (Lipinski definition) is 5. The monoisotopic (exact) mass is 504 g/mol. The summed E-state index contributed by atoms with van der Waals surface area (Å²) in [5, 5.41) is 21.8. The molecule has 0 unspecified atom stereocenters. The van der Waals surface area contributed by atoms with Gasteiger partial charge in [-0.25, -0.2) is 0 Å². The number of nitrogens with one attached hydrogen (secondary N) is 2. The number of thiophene rings is 1. The van der Waals surface area contributed by atoms with Crippen molar-refractivity contribution in [3.05, 3.63) is 92.7 Å². The highest BCUT2D eigenvalue weighted by Crippen LogP contribution is 2.27. The van der Waals surface area contributed by atoms with Crippen LogP contribution in [0.2, 0.25) is 0 Å². The van der Waals surface area contributed by atoms with E-state index in [4.69, 9.17) is 11.1 Å². The number of rotatable bonds is 9. The summed E-state index contributed by atoms with van der Waals surface area (Å²) in [6, 6.07) is 16.5. The predicted molar refractivity (Wildman–Crippen MR) is 138 cm³/mol. The molecule has 2 heterocycles. The van der Waals surface area contributed by atoms with Gasteiger partial charge in [0.25, 0.3) is 5.91 Å². The Morgan fingerprint density at radius 1 is 1.11 bits per heavy atom. The molecule has 5 N–H and O–H groups in total. The molecule has 0 spiro atoms. The van der Waals surface area contributed by atoms with Crippen molar-refractivity contribution in [2.45, 2.75) is 32.4 Å². The van der Waals surface area contributed by atoms with E-state index in [-0.39, 0.29) is 30.5 Å². The highest BCUT2D eigenvalue weighted by Gasteiger charge is 2.31. The predicted octanol–water partition coefficient (Wildman–Crippen LogP) is 3.18. The van der Waals surface area contributed by atoms with E-state index in [0.717, 1.165) is 16.7 Å². The zero-order chi connectivity index (χ0) is 25.7. The number of amidine groups is 1. The molecule has 2 aromatic carbocycles. The largest absolute Gasteiger partial charge is 0.481 e. The summed E-state index contributed by atoms with van der Waals surface area (Å²) >= 11 is 1.63. The van der Waals surface area contributed by atoms with Crippen molar-refractivity contribution in [3.8, 4) is 0 Å². The van der Waals surface area contributed by atoms with Crippen LogP contribution < -0.4 is 11.1 Å². The van der Waals surface area contributed by atoms with Crippen LogP contribution in [0.5, 0.6) is 0 Å². The average Bonchev–Trinajstić information content (AvgIpc) is 3.34. The minimum absolute atomic E-state index is 0.0136. The summed E-state index contributed by atoms with van der Waals surface area (Å²) in [6.45, 7) is 1.21. The molecule has 1 aromatic heterocycles. The van der Waals surface area contributed by atoms with Crippen LogP contribution in [0.15, 0.2) is 60.0 Å². The second-order valence-corrected chi connectivity index (χ2v) is 9.90. The van der Waals surface area contributed by atoms with Gasteiger partial charge < -0.3 is 21.1 Å². The number of nitrogen functional groups attached to an aromatic ring is 1.